The highest BCUT2D eigenvalue weighted by molar-refractivity contribution is 7.99. The van der Waals surface area contributed by atoms with Gasteiger partial charge in [0, 0.05) is 6.07 Å². The molecule has 1 aromatic heterocycles. The number of para-hydroxylation sites is 2. The first-order chi connectivity index (χ1) is 14.6. The van der Waals surface area contributed by atoms with E-state index in [0.717, 1.165) is 28.1 Å². The van der Waals surface area contributed by atoms with E-state index >= 15 is 0 Å². The molecular weight excluding hydrogens is 404 g/mol. The largest absolute Gasteiger partial charge is 0.320 e. The average molecular weight is 420 g/mol. The van der Waals surface area contributed by atoms with Gasteiger partial charge in [0.25, 0.3) is 5.69 Å². The fourth-order valence-corrected chi connectivity index (χ4v) is 3.64. The summed E-state index contributed by atoms with van der Waals surface area (Å²) in [5.41, 5.74) is 1.04. The Kier molecular flexibility index (Phi) is 5.66. The summed E-state index contributed by atoms with van der Waals surface area (Å²) < 4.78 is 1.62. The minimum atomic E-state index is -0.535. The van der Waals surface area contributed by atoms with Crippen LogP contribution in [0.5, 0.6) is 0 Å². The number of tetrazole rings is 1. The van der Waals surface area contributed by atoms with Gasteiger partial charge in [-0.05, 0) is 38.9 Å². The summed E-state index contributed by atoms with van der Waals surface area (Å²) in [4.78, 5) is 22.8. The normalized spacial score (nSPS) is 10.8. The van der Waals surface area contributed by atoms with Gasteiger partial charge in [-0.25, -0.2) is 4.68 Å². The number of fused-ring (bicyclic) bond motifs is 1. The molecule has 0 radical (unpaired) electrons. The van der Waals surface area contributed by atoms with Gasteiger partial charge in [-0.3, -0.25) is 14.9 Å². The van der Waals surface area contributed by atoms with Crippen LogP contribution in [0.25, 0.3) is 10.8 Å². The summed E-state index contributed by atoms with van der Waals surface area (Å²) in [5.74, 6) is -0.362. The number of aromatic nitrogens is 4. The molecule has 0 atom stereocenters. The highest BCUT2D eigenvalue weighted by atomic mass is 32.2. The van der Waals surface area contributed by atoms with E-state index in [2.05, 4.69) is 26.9 Å². The third-order valence-corrected chi connectivity index (χ3v) is 5.31. The van der Waals surface area contributed by atoms with Crippen LogP contribution in [0.4, 0.5) is 11.4 Å². The molecule has 4 rings (SSSR count). The van der Waals surface area contributed by atoms with Crippen molar-refractivity contribution in [1.82, 2.24) is 20.2 Å². The molecule has 1 heterocycles. The zero-order valence-electron chi connectivity index (χ0n) is 15.6. The molecule has 0 saturated heterocycles. The quantitative estimate of drug-likeness (QED) is 0.276. The van der Waals surface area contributed by atoms with E-state index in [4.69, 9.17) is 0 Å². The molecule has 9 nitrogen and oxygen atoms in total. The molecule has 0 aliphatic heterocycles. The van der Waals surface area contributed by atoms with Crippen molar-refractivity contribution < 1.29 is 9.72 Å². The summed E-state index contributed by atoms with van der Waals surface area (Å²) in [7, 11) is 0. The number of nitrogens with zero attached hydrogens (tertiary/aromatic N) is 5. The Balaban J connectivity index is 1.41. The Labute approximate surface area is 175 Å². The maximum absolute atomic E-state index is 12.3. The van der Waals surface area contributed by atoms with Crippen molar-refractivity contribution in [2.75, 3.05) is 11.1 Å². The van der Waals surface area contributed by atoms with Crippen LogP contribution < -0.4 is 5.32 Å². The molecule has 0 saturated carbocycles. The summed E-state index contributed by atoms with van der Waals surface area (Å²) in [5, 5.41) is 28.1. The van der Waals surface area contributed by atoms with Crippen LogP contribution in [0, 0.1) is 10.1 Å². The lowest BCUT2D eigenvalue weighted by molar-refractivity contribution is -0.383. The Morgan fingerprint density at radius 2 is 1.83 bits per heavy atom. The van der Waals surface area contributed by atoms with E-state index in [-0.39, 0.29) is 23.0 Å². The van der Waals surface area contributed by atoms with Crippen LogP contribution in [0.15, 0.2) is 71.9 Å². The number of thioether (sulfide) groups is 1. The standard InChI is InChI=1S/C20H16N6O3S/c27-19(21-17-7-3-4-8-18(17)26(28)29)13-30-20-22-23-24-25(20)12-14-9-10-15-5-1-2-6-16(15)11-14/h1-11H,12-13H2,(H,21,27). The lowest BCUT2D eigenvalue weighted by atomic mass is 10.1. The molecule has 150 valence electrons. The second-order valence-electron chi connectivity index (χ2n) is 6.41. The summed E-state index contributed by atoms with van der Waals surface area (Å²) >= 11 is 1.16. The van der Waals surface area contributed by atoms with Crippen LogP contribution in [0.1, 0.15) is 5.56 Å². The average Bonchev–Trinajstić information content (AvgIpc) is 3.19. The monoisotopic (exact) mass is 420 g/mol. The number of nitrogens with one attached hydrogen (secondary N) is 1. The van der Waals surface area contributed by atoms with E-state index in [1.165, 1.54) is 12.1 Å². The van der Waals surface area contributed by atoms with Crippen LogP contribution in [-0.4, -0.2) is 36.8 Å². The first-order valence-electron chi connectivity index (χ1n) is 9.00. The molecule has 0 aliphatic rings. The van der Waals surface area contributed by atoms with Gasteiger partial charge in [-0.15, -0.1) is 5.10 Å². The number of anilines is 1. The zero-order valence-corrected chi connectivity index (χ0v) is 16.5. The van der Waals surface area contributed by atoms with Gasteiger partial charge in [0.2, 0.25) is 11.1 Å². The second-order valence-corrected chi connectivity index (χ2v) is 7.35. The number of nitro benzene ring substituents is 1. The van der Waals surface area contributed by atoms with Crippen molar-refractivity contribution in [3.05, 3.63) is 82.4 Å². The van der Waals surface area contributed by atoms with Crippen LogP contribution in [0.3, 0.4) is 0 Å². The Morgan fingerprint density at radius 3 is 2.67 bits per heavy atom. The first kappa shape index (κ1) is 19.5. The topological polar surface area (TPSA) is 116 Å². The molecule has 1 amide bonds. The number of carbonyl (C=O) groups excluding carboxylic acids is 1. The van der Waals surface area contributed by atoms with Gasteiger partial charge < -0.3 is 5.32 Å². The number of benzene rings is 3. The molecule has 0 aliphatic carbocycles. The van der Waals surface area contributed by atoms with Gasteiger partial charge in [0.05, 0.1) is 17.2 Å². The van der Waals surface area contributed by atoms with Crippen LogP contribution in [-0.2, 0) is 11.3 Å². The molecule has 10 heteroatoms. The van der Waals surface area contributed by atoms with Gasteiger partial charge in [0.1, 0.15) is 5.69 Å². The summed E-state index contributed by atoms with van der Waals surface area (Å²) in [6.45, 7) is 0.464. The highest BCUT2D eigenvalue weighted by Crippen LogP contribution is 2.24. The van der Waals surface area contributed by atoms with Crippen LogP contribution in [0.2, 0.25) is 0 Å². The third kappa shape index (κ3) is 4.44. The minimum Gasteiger partial charge on any atom is -0.320 e. The number of rotatable bonds is 7. The third-order valence-electron chi connectivity index (χ3n) is 4.35. The van der Waals surface area contributed by atoms with Gasteiger partial charge in [-0.2, -0.15) is 0 Å². The minimum absolute atomic E-state index is 0.0180. The fraction of sp³-hybridized carbons (Fsp3) is 0.100. The molecule has 0 fully saturated rings. The van der Waals surface area contributed by atoms with Gasteiger partial charge >= 0.3 is 0 Å². The maximum atomic E-state index is 12.3. The lowest BCUT2D eigenvalue weighted by Crippen LogP contribution is -2.15. The van der Waals surface area contributed by atoms with Crippen molar-refractivity contribution >= 4 is 39.8 Å². The molecular formula is C20H16N6O3S. The van der Waals surface area contributed by atoms with Crippen molar-refractivity contribution in [2.45, 2.75) is 11.7 Å². The highest BCUT2D eigenvalue weighted by Gasteiger charge is 2.16. The van der Waals surface area contributed by atoms with Crippen molar-refractivity contribution in [2.24, 2.45) is 0 Å². The number of nitro groups is 1. The molecule has 4 aromatic rings. The maximum Gasteiger partial charge on any atom is 0.292 e. The predicted octanol–water partition coefficient (Wildman–Crippen LogP) is 3.51. The molecule has 30 heavy (non-hydrogen) atoms. The van der Waals surface area contributed by atoms with E-state index in [9.17, 15) is 14.9 Å². The second kappa shape index (κ2) is 8.70. The zero-order chi connectivity index (χ0) is 20.9. The smallest absolute Gasteiger partial charge is 0.292 e. The SMILES string of the molecule is O=C(CSc1nnnn1Cc1ccc2ccccc2c1)Nc1ccccc1[N+](=O)[O-]. The van der Waals surface area contributed by atoms with E-state index < -0.39 is 4.92 Å². The molecule has 0 bridgehead atoms. The molecule has 1 N–H and O–H groups in total. The molecule has 0 spiro atoms. The Bertz CT molecular complexity index is 1230. The number of hydrogen-bond acceptors (Lipinski definition) is 7. The number of hydrogen-bond donors (Lipinski definition) is 1. The molecule has 3 aromatic carbocycles. The molecule has 0 unspecified atom stereocenters. The predicted molar refractivity (Wildman–Crippen MR) is 113 cm³/mol. The summed E-state index contributed by atoms with van der Waals surface area (Å²) in [6.07, 6.45) is 0. The van der Waals surface area contributed by atoms with Gasteiger partial charge in [-0.1, -0.05) is 60.3 Å². The Hall–Kier alpha value is -3.79. The summed E-state index contributed by atoms with van der Waals surface area (Å²) in [6, 6.07) is 20.2. The van der Waals surface area contributed by atoms with Crippen LogP contribution >= 0.6 is 11.8 Å². The first-order valence-corrected chi connectivity index (χ1v) is 9.98. The van der Waals surface area contributed by atoms with E-state index in [0.29, 0.717) is 11.7 Å². The van der Waals surface area contributed by atoms with Crippen molar-refractivity contribution in [3.63, 3.8) is 0 Å². The van der Waals surface area contributed by atoms with Crippen molar-refractivity contribution in [3.8, 4) is 0 Å². The van der Waals surface area contributed by atoms with E-state index in [1.807, 2.05) is 36.4 Å². The van der Waals surface area contributed by atoms with Gasteiger partial charge in [0.15, 0.2) is 0 Å². The lowest BCUT2D eigenvalue weighted by Gasteiger charge is -2.07. The fourth-order valence-electron chi connectivity index (χ4n) is 2.96. The number of carbonyl (C=O) groups is 1. The Morgan fingerprint density at radius 1 is 1.07 bits per heavy atom. The number of amides is 1. The van der Waals surface area contributed by atoms with E-state index in [1.54, 1.807) is 16.8 Å². The van der Waals surface area contributed by atoms with Crippen molar-refractivity contribution in [1.29, 1.82) is 0 Å².